The zero-order valence-electron chi connectivity index (χ0n) is 12.2. The molecule has 1 aromatic rings. The molecule has 0 atom stereocenters. The fourth-order valence-electron chi connectivity index (χ4n) is 1.35. The first kappa shape index (κ1) is 15.0. The van der Waals surface area contributed by atoms with Crippen LogP contribution in [0.2, 0.25) is 18.1 Å². The molecule has 100 valence electrons. The number of halogens is 1. The van der Waals surface area contributed by atoms with Crippen molar-refractivity contribution in [2.75, 3.05) is 0 Å². The van der Waals surface area contributed by atoms with E-state index in [9.17, 15) is 4.39 Å². The molecule has 0 radical (unpaired) electrons. The molecule has 0 N–H and O–H groups in total. The average molecular weight is 266 g/mol. The topological polar surface area (TPSA) is 9.23 Å². The highest BCUT2D eigenvalue weighted by Crippen LogP contribution is 2.39. The number of hydrogen-bond acceptors (Lipinski definition) is 1. The summed E-state index contributed by atoms with van der Waals surface area (Å²) in [5.74, 6) is 0.548. The second kappa shape index (κ2) is 5.27. The Morgan fingerprint density at radius 3 is 2.33 bits per heavy atom. The molecule has 0 fully saturated rings. The van der Waals surface area contributed by atoms with Crippen LogP contribution < -0.4 is 0 Å². The van der Waals surface area contributed by atoms with Crippen LogP contribution in [0.3, 0.4) is 0 Å². The Morgan fingerprint density at radius 1 is 1.28 bits per heavy atom. The summed E-state index contributed by atoms with van der Waals surface area (Å²) < 4.78 is 19.5. The molecule has 0 aromatic heterocycles. The Balaban J connectivity index is 3.01. The molecule has 0 aliphatic rings. The molecule has 0 aliphatic carbocycles. The normalized spacial score (nSPS) is 13.6. The minimum Gasteiger partial charge on any atom is -0.543 e. The van der Waals surface area contributed by atoms with Gasteiger partial charge in [-0.2, -0.15) is 0 Å². The second-order valence-corrected chi connectivity index (χ2v) is 10.8. The first-order valence-corrected chi connectivity index (χ1v) is 9.19. The molecule has 0 aliphatic heterocycles. The quantitative estimate of drug-likeness (QED) is 0.539. The van der Waals surface area contributed by atoms with Gasteiger partial charge in [0.1, 0.15) is 11.6 Å². The third kappa shape index (κ3) is 3.45. The molecule has 1 aromatic carbocycles. The molecule has 18 heavy (non-hydrogen) atoms. The van der Waals surface area contributed by atoms with Gasteiger partial charge in [0.25, 0.3) is 0 Å². The maximum atomic E-state index is 13.3. The zero-order chi connectivity index (χ0) is 14.0. The minimum absolute atomic E-state index is 0.134. The van der Waals surface area contributed by atoms with Gasteiger partial charge in [0.05, 0.1) is 0 Å². The van der Waals surface area contributed by atoms with Crippen molar-refractivity contribution >= 4 is 14.1 Å². The molecule has 0 bridgehead atoms. The monoisotopic (exact) mass is 266 g/mol. The van der Waals surface area contributed by atoms with Gasteiger partial charge in [0, 0.05) is 5.56 Å². The maximum absolute atomic E-state index is 13.3. The van der Waals surface area contributed by atoms with Crippen molar-refractivity contribution in [2.45, 2.75) is 45.8 Å². The number of allylic oxidation sites excluding steroid dienone is 1. The van der Waals surface area contributed by atoms with Crippen molar-refractivity contribution in [3.05, 3.63) is 41.7 Å². The van der Waals surface area contributed by atoms with Crippen LogP contribution in [0.1, 0.15) is 33.3 Å². The predicted octanol–water partition coefficient (Wildman–Crippen LogP) is 5.21. The van der Waals surface area contributed by atoms with E-state index in [1.165, 1.54) is 12.1 Å². The van der Waals surface area contributed by atoms with Crippen LogP contribution in [0, 0.1) is 5.82 Å². The lowest BCUT2D eigenvalue weighted by atomic mass is 10.2. The Hall–Kier alpha value is -1.09. The highest BCUT2D eigenvalue weighted by molar-refractivity contribution is 6.74. The van der Waals surface area contributed by atoms with Gasteiger partial charge in [0.15, 0.2) is 0 Å². The van der Waals surface area contributed by atoms with Crippen molar-refractivity contribution < 1.29 is 8.82 Å². The van der Waals surface area contributed by atoms with Gasteiger partial charge >= 0.3 is 0 Å². The summed E-state index contributed by atoms with van der Waals surface area (Å²) in [5.41, 5.74) is 0.808. The molecule has 0 saturated carbocycles. The van der Waals surface area contributed by atoms with E-state index < -0.39 is 8.32 Å². The standard InChI is InChI=1S/C15H23FOSi/c1-7-14(12-9-8-10-13(16)11-12)17-18(5,6)15(2,3)4/h7-11H,1-6H3/b14-7-. The lowest BCUT2D eigenvalue weighted by Crippen LogP contribution is -2.40. The van der Waals surface area contributed by atoms with Crippen LogP contribution in [0.5, 0.6) is 0 Å². The van der Waals surface area contributed by atoms with E-state index in [1.807, 2.05) is 19.1 Å². The minimum atomic E-state index is -1.88. The first-order chi connectivity index (χ1) is 8.17. The molecule has 3 heteroatoms. The summed E-state index contributed by atoms with van der Waals surface area (Å²) in [4.78, 5) is 0. The summed E-state index contributed by atoms with van der Waals surface area (Å²) in [6, 6.07) is 6.56. The smallest absolute Gasteiger partial charge is 0.250 e. The lowest BCUT2D eigenvalue weighted by Gasteiger charge is -2.37. The Kier molecular flexibility index (Phi) is 4.38. The number of benzene rings is 1. The Bertz CT molecular complexity index is 444. The lowest BCUT2D eigenvalue weighted by molar-refractivity contribution is 0.457. The van der Waals surface area contributed by atoms with Gasteiger partial charge < -0.3 is 4.43 Å². The molecule has 0 unspecified atom stereocenters. The summed E-state index contributed by atoms with van der Waals surface area (Å²) in [6.45, 7) is 12.9. The van der Waals surface area contributed by atoms with Gasteiger partial charge in [-0.1, -0.05) is 32.9 Å². The van der Waals surface area contributed by atoms with Crippen molar-refractivity contribution in [1.82, 2.24) is 0 Å². The summed E-state index contributed by atoms with van der Waals surface area (Å²) in [7, 11) is -1.88. The molecule has 0 amide bonds. The Labute approximate surface area is 111 Å². The van der Waals surface area contributed by atoms with E-state index in [0.29, 0.717) is 0 Å². The summed E-state index contributed by atoms with van der Waals surface area (Å²) >= 11 is 0. The van der Waals surface area contributed by atoms with E-state index >= 15 is 0 Å². The van der Waals surface area contributed by atoms with Crippen molar-refractivity contribution in [3.63, 3.8) is 0 Å². The second-order valence-electron chi connectivity index (χ2n) is 6.03. The van der Waals surface area contributed by atoms with Crippen LogP contribution in [-0.2, 0) is 4.43 Å². The molecule has 0 heterocycles. The zero-order valence-corrected chi connectivity index (χ0v) is 13.2. The first-order valence-electron chi connectivity index (χ1n) is 6.28. The van der Waals surface area contributed by atoms with Gasteiger partial charge in [-0.15, -0.1) is 0 Å². The van der Waals surface area contributed by atoms with E-state index in [-0.39, 0.29) is 10.9 Å². The van der Waals surface area contributed by atoms with E-state index in [4.69, 9.17) is 4.43 Å². The van der Waals surface area contributed by atoms with Gasteiger partial charge in [0.2, 0.25) is 8.32 Å². The van der Waals surface area contributed by atoms with Crippen LogP contribution in [0.15, 0.2) is 30.3 Å². The number of hydrogen-bond donors (Lipinski definition) is 0. The largest absolute Gasteiger partial charge is 0.543 e. The van der Waals surface area contributed by atoms with E-state index in [0.717, 1.165) is 11.3 Å². The van der Waals surface area contributed by atoms with Crippen LogP contribution in [0.4, 0.5) is 4.39 Å². The highest BCUT2D eigenvalue weighted by Gasteiger charge is 2.39. The molecule has 1 nitrogen and oxygen atoms in total. The van der Waals surface area contributed by atoms with Gasteiger partial charge in [-0.25, -0.2) is 4.39 Å². The Morgan fingerprint density at radius 2 is 1.89 bits per heavy atom. The van der Waals surface area contributed by atoms with Crippen LogP contribution in [-0.4, -0.2) is 8.32 Å². The van der Waals surface area contributed by atoms with Crippen molar-refractivity contribution in [2.24, 2.45) is 0 Å². The van der Waals surface area contributed by atoms with Crippen LogP contribution >= 0.6 is 0 Å². The summed E-state index contributed by atoms with van der Waals surface area (Å²) in [5, 5.41) is 0.134. The SMILES string of the molecule is C/C=C(\O[Si](C)(C)C(C)(C)C)c1cccc(F)c1. The summed E-state index contributed by atoms with van der Waals surface area (Å²) in [6.07, 6.45) is 1.91. The predicted molar refractivity (Wildman–Crippen MR) is 78.3 cm³/mol. The molecule has 0 spiro atoms. The van der Waals surface area contributed by atoms with Crippen molar-refractivity contribution in [1.29, 1.82) is 0 Å². The van der Waals surface area contributed by atoms with E-state index in [2.05, 4.69) is 33.9 Å². The molecule has 1 rings (SSSR count). The molecular formula is C15H23FOSi. The van der Waals surface area contributed by atoms with Gasteiger partial charge in [-0.05, 0) is 43.3 Å². The third-order valence-electron chi connectivity index (χ3n) is 3.54. The maximum Gasteiger partial charge on any atom is 0.250 e. The molecule has 0 saturated heterocycles. The number of rotatable bonds is 3. The molecular weight excluding hydrogens is 243 g/mol. The van der Waals surface area contributed by atoms with Gasteiger partial charge in [-0.3, -0.25) is 0 Å². The average Bonchev–Trinajstić information content (AvgIpc) is 2.24. The van der Waals surface area contributed by atoms with Crippen molar-refractivity contribution in [3.8, 4) is 0 Å². The highest BCUT2D eigenvalue weighted by atomic mass is 28.4. The fourth-order valence-corrected chi connectivity index (χ4v) is 2.45. The fraction of sp³-hybridized carbons (Fsp3) is 0.467. The third-order valence-corrected chi connectivity index (χ3v) is 7.89. The van der Waals surface area contributed by atoms with Crippen LogP contribution in [0.25, 0.3) is 5.76 Å². The van der Waals surface area contributed by atoms with E-state index in [1.54, 1.807) is 6.07 Å².